The largest absolute Gasteiger partial charge is 0.394 e. The first-order valence-electron chi connectivity index (χ1n) is 35.5. The van der Waals surface area contributed by atoms with Crippen molar-refractivity contribution in [3.05, 3.63) is 60.8 Å². The van der Waals surface area contributed by atoms with Crippen LogP contribution in [0.15, 0.2) is 60.8 Å². The molecule has 3 rings (SSSR count). The number of rotatable bonds is 54. The highest BCUT2D eigenvalue weighted by Gasteiger charge is 2.53. The summed E-state index contributed by atoms with van der Waals surface area (Å²) in [7, 11) is 0. The van der Waals surface area contributed by atoms with Gasteiger partial charge in [0.25, 0.3) is 0 Å². The highest BCUT2D eigenvalue weighted by molar-refractivity contribution is 5.76. The first-order chi connectivity index (χ1) is 43.8. The van der Waals surface area contributed by atoms with E-state index in [0.717, 1.165) is 77.0 Å². The van der Waals surface area contributed by atoms with Gasteiger partial charge in [-0.3, -0.25) is 4.79 Å². The average Bonchev–Trinajstić information content (AvgIpc) is 0.847. The Labute approximate surface area is 541 Å². The van der Waals surface area contributed by atoms with Crippen molar-refractivity contribution < 1.29 is 89.4 Å². The van der Waals surface area contributed by atoms with Gasteiger partial charge in [-0.15, -0.1) is 0 Å². The Morgan fingerprint density at radius 3 is 1.20 bits per heavy atom. The number of unbranched alkanes of at least 4 members (excludes halogenated alkanes) is 28. The molecule has 3 heterocycles. The van der Waals surface area contributed by atoms with Crippen LogP contribution in [0.2, 0.25) is 0 Å². The van der Waals surface area contributed by atoms with Gasteiger partial charge in [0, 0.05) is 6.42 Å². The van der Waals surface area contributed by atoms with E-state index in [0.29, 0.717) is 12.8 Å². The van der Waals surface area contributed by atoms with Crippen molar-refractivity contribution in [2.24, 2.45) is 0 Å². The Bertz CT molecular complexity index is 1870. The third-order valence-electron chi connectivity index (χ3n) is 17.6. The highest BCUT2D eigenvalue weighted by atomic mass is 16.8. The lowest BCUT2D eigenvalue weighted by molar-refractivity contribution is -0.379. The lowest BCUT2D eigenvalue weighted by Crippen LogP contribution is -2.66. The quantitative estimate of drug-likeness (QED) is 0.0199. The molecule has 0 spiro atoms. The summed E-state index contributed by atoms with van der Waals surface area (Å²) in [5.41, 5.74) is 0. The van der Waals surface area contributed by atoms with Gasteiger partial charge in [-0.25, -0.2) is 0 Å². The van der Waals surface area contributed by atoms with Crippen LogP contribution in [-0.2, 0) is 33.2 Å². The van der Waals surface area contributed by atoms with Crippen LogP contribution in [0.3, 0.4) is 0 Å². The molecule has 0 saturated carbocycles. The van der Waals surface area contributed by atoms with Gasteiger partial charge >= 0.3 is 0 Å². The van der Waals surface area contributed by atoms with Crippen molar-refractivity contribution in [3.63, 3.8) is 0 Å². The molecule has 0 aliphatic carbocycles. The van der Waals surface area contributed by atoms with Gasteiger partial charge in [-0.05, 0) is 57.8 Å². The summed E-state index contributed by atoms with van der Waals surface area (Å²) >= 11 is 0. The fraction of sp³-hybridized carbons (Fsp3) is 0.845. The highest BCUT2D eigenvalue weighted by Crippen LogP contribution is 2.33. The van der Waals surface area contributed by atoms with Crippen LogP contribution in [0.5, 0.6) is 0 Å². The predicted octanol–water partition coefficient (Wildman–Crippen LogP) is 9.55. The first-order valence-corrected chi connectivity index (χ1v) is 35.5. The molecule has 19 nitrogen and oxygen atoms in total. The summed E-state index contributed by atoms with van der Waals surface area (Å²) in [5.74, 6) is -0.244. The maximum Gasteiger partial charge on any atom is 0.220 e. The maximum atomic E-state index is 13.3. The predicted molar refractivity (Wildman–Crippen MR) is 351 cm³/mol. The number of hydrogen-bond acceptors (Lipinski definition) is 18. The SMILES string of the molecule is CC/C=C\C/C=C\C/C=C\C/C=C\C/C=C\CCCCCCCCCCCCCCCCCCCCCCCC(=O)NC(COC1OC(CO)C(OC2OC(CO)C(OC3OC(CO)C(O)C(O)C3O)C(O)C2O)C(O)C1O)C(O)CCCCCCCCCC. The minimum absolute atomic E-state index is 0.244. The van der Waals surface area contributed by atoms with E-state index in [4.69, 9.17) is 28.4 Å². The molecular weight excluding hydrogens is 1150 g/mol. The minimum atomic E-state index is -1.97. The van der Waals surface area contributed by atoms with Crippen LogP contribution in [0, 0.1) is 0 Å². The summed E-state index contributed by atoms with van der Waals surface area (Å²) in [4.78, 5) is 13.3. The van der Waals surface area contributed by atoms with E-state index >= 15 is 0 Å². The number of allylic oxidation sites excluding steroid dienone is 10. The monoisotopic (exact) mass is 1280 g/mol. The molecular formula is C71H127NO18. The van der Waals surface area contributed by atoms with Crippen LogP contribution < -0.4 is 5.32 Å². The first kappa shape index (κ1) is 81.7. The standard InChI is InChI=1S/C71H127NO18/c1-3-5-7-9-11-13-14-15-16-17-18-19-20-21-22-23-24-25-26-27-28-29-30-31-32-33-34-35-36-37-38-39-40-41-43-45-47-49-59(77)72-54(55(76)48-46-44-42-12-10-8-6-4-2)53-85-69-65(83)62(80)67(57(51-74)87-69)90-71-66(84)63(81)68(58(52-75)88-71)89-70-64(82)61(79)60(78)56(50-73)86-70/h5,7,11,13,15-16,18-19,21-22,54-58,60-71,73-76,78-84H,3-4,6,8-10,12,14,17,20,23-53H2,1-2H3,(H,72,77)/b7-5-,13-11-,16-15-,19-18-,22-21-. The molecule has 17 unspecified atom stereocenters. The Balaban J connectivity index is 1.27. The fourth-order valence-corrected chi connectivity index (χ4v) is 11.9. The Kier molecular flexibility index (Phi) is 47.9. The topological polar surface area (TPSA) is 307 Å². The molecule has 3 aliphatic rings. The Morgan fingerprint density at radius 2 is 0.767 bits per heavy atom. The summed E-state index contributed by atoms with van der Waals surface area (Å²) in [5, 5.41) is 120. The van der Waals surface area contributed by atoms with Gasteiger partial charge in [0.2, 0.25) is 5.91 Å². The summed E-state index contributed by atoms with van der Waals surface area (Å²) in [6, 6.07) is -0.884. The van der Waals surface area contributed by atoms with Gasteiger partial charge in [-0.2, -0.15) is 0 Å². The molecule has 19 heteroatoms. The number of hydrogen-bond donors (Lipinski definition) is 12. The van der Waals surface area contributed by atoms with Crippen molar-refractivity contribution in [3.8, 4) is 0 Å². The number of aliphatic hydroxyl groups is 11. The molecule has 3 fully saturated rings. The van der Waals surface area contributed by atoms with Crippen LogP contribution in [0.1, 0.15) is 251 Å². The van der Waals surface area contributed by atoms with Crippen molar-refractivity contribution in [2.45, 2.75) is 356 Å². The normalized spacial score (nSPS) is 28.4. The lowest BCUT2D eigenvalue weighted by Gasteiger charge is -2.48. The van der Waals surface area contributed by atoms with Crippen LogP contribution >= 0.6 is 0 Å². The number of aliphatic hydroxyl groups excluding tert-OH is 11. The summed E-state index contributed by atoms with van der Waals surface area (Å²) < 4.78 is 34.3. The lowest BCUT2D eigenvalue weighted by atomic mass is 9.96. The van der Waals surface area contributed by atoms with Gasteiger partial charge in [-0.1, -0.05) is 248 Å². The molecule has 0 aromatic carbocycles. The second kappa shape index (κ2) is 52.7. The van der Waals surface area contributed by atoms with Crippen molar-refractivity contribution in [1.82, 2.24) is 5.32 Å². The van der Waals surface area contributed by atoms with E-state index in [-0.39, 0.29) is 18.9 Å². The number of amides is 1. The van der Waals surface area contributed by atoms with Crippen LogP contribution in [0.4, 0.5) is 0 Å². The molecule has 3 aliphatic heterocycles. The number of carbonyl (C=O) groups is 1. The van der Waals surface area contributed by atoms with Crippen LogP contribution in [0.25, 0.3) is 0 Å². The second-order valence-electron chi connectivity index (χ2n) is 25.3. The van der Waals surface area contributed by atoms with Gasteiger partial charge < -0.3 is 89.9 Å². The molecule has 0 aromatic rings. The molecule has 12 N–H and O–H groups in total. The zero-order valence-electron chi connectivity index (χ0n) is 55.4. The Hall–Kier alpha value is -2.51. The molecule has 0 radical (unpaired) electrons. The molecule has 1 amide bonds. The van der Waals surface area contributed by atoms with E-state index in [9.17, 15) is 61.0 Å². The zero-order valence-corrected chi connectivity index (χ0v) is 55.4. The van der Waals surface area contributed by atoms with Gasteiger partial charge in [0.05, 0.1) is 38.6 Å². The van der Waals surface area contributed by atoms with Gasteiger partial charge in [0.1, 0.15) is 73.2 Å². The number of nitrogens with one attached hydrogen (secondary N) is 1. The zero-order chi connectivity index (χ0) is 65.4. The van der Waals surface area contributed by atoms with Crippen molar-refractivity contribution >= 4 is 5.91 Å². The molecule has 0 aromatic heterocycles. The maximum absolute atomic E-state index is 13.3. The summed E-state index contributed by atoms with van der Waals surface area (Å²) in [6.45, 7) is 1.64. The molecule has 3 saturated heterocycles. The van der Waals surface area contributed by atoms with Gasteiger partial charge in [0.15, 0.2) is 18.9 Å². The van der Waals surface area contributed by atoms with E-state index in [1.54, 1.807) is 0 Å². The molecule has 524 valence electrons. The smallest absolute Gasteiger partial charge is 0.220 e. The number of ether oxygens (including phenoxy) is 6. The van der Waals surface area contributed by atoms with Crippen molar-refractivity contribution in [2.75, 3.05) is 26.4 Å². The van der Waals surface area contributed by atoms with E-state index in [2.05, 4.69) is 79.9 Å². The number of carbonyl (C=O) groups excluding carboxylic acids is 1. The third kappa shape index (κ3) is 34.2. The van der Waals surface area contributed by atoms with E-state index in [1.165, 1.54) is 141 Å². The molecule has 0 bridgehead atoms. The third-order valence-corrected chi connectivity index (χ3v) is 17.6. The van der Waals surface area contributed by atoms with E-state index < -0.39 is 124 Å². The molecule has 17 atom stereocenters. The van der Waals surface area contributed by atoms with Crippen molar-refractivity contribution in [1.29, 1.82) is 0 Å². The van der Waals surface area contributed by atoms with Crippen LogP contribution in [-0.4, -0.2) is 193 Å². The second-order valence-corrected chi connectivity index (χ2v) is 25.3. The summed E-state index contributed by atoms with van der Waals surface area (Å²) in [6.07, 6.45) is 38.0. The van der Waals surface area contributed by atoms with E-state index in [1.807, 2.05) is 0 Å². The minimum Gasteiger partial charge on any atom is -0.394 e. The Morgan fingerprint density at radius 1 is 0.411 bits per heavy atom. The fourth-order valence-electron chi connectivity index (χ4n) is 11.9. The molecule has 90 heavy (non-hydrogen) atoms. The average molecular weight is 1280 g/mol.